The maximum atomic E-state index is 4.50. The van der Waals surface area contributed by atoms with Crippen molar-refractivity contribution in [1.29, 1.82) is 0 Å². The Morgan fingerprint density at radius 1 is 1.38 bits per heavy atom. The van der Waals surface area contributed by atoms with E-state index in [0.29, 0.717) is 5.92 Å². The molecule has 0 spiro atoms. The number of pyridine rings is 1. The summed E-state index contributed by atoms with van der Waals surface area (Å²) in [5.74, 6) is 0.564. The van der Waals surface area contributed by atoms with E-state index in [1.165, 1.54) is 23.8 Å². The quantitative estimate of drug-likeness (QED) is 0.756. The fourth-order valence-electron chi connectivity index (χ4n) is 2.11. The molecule has 2 heteroatoms. The van der Waals surface area contributed by atoms with Crippen LogP contribution in [0.15, 0.2) is 24.5 Å². The van der Waals surface area contributed by atoms with Gasteiger partial charge in [-0.2, -0.15) is 0 Å². The summed E-state index contributed by atoms with van der Waals surface area (Å²) in [6.45, 7) is 7.79. The van der Waals surface area contributed by atoms with Crippen molar-refractivity contribution in [3.63, 3.8) is 0 Å². The van der Waals surface area contributed by atoms with Gasteiger partial charge in [-0.05, 0) is 30.0 Å². The highest BCUT2D eigenvalue weighted by molar-refractivity contribution is 5.80. The average Bonchev–Trinajstić information content (AvgIpc) is 2.65. The van der Waals surface area contributed by atoms with Gasteiger partial charge >= 0.3 is 0 Å². The van der Waals surface area contributed by atoms with Crippen molar-refractivity contribution in [2.75, 3.05) is 0 Å². The van der Waals surface area contributed by atoms with Crippen molar-refractivity contribution in [3.05, 3.63) is 30.1 Å². The van der Waals surface area contributed by atoms with Crippen LogP contribution in [-0.2, 0) is 6.54 Å². The van der Waals surface area contributed by atoms with Crippen LogP contribution in [0.3, 0.4) is 0 Å². The lowest BCUT2D eigenvalue weighted by Crippen LogP contribution is -1.96. The molecule has 0 bridgehead atoms. The van der Waals surface area contributed by atoms with Crippen molar-refractivity contribution in [1.82, 2.24) is 9.55 Å². The van der Waals surface area contributed by atoms with E-state index in [-0.39, 0.29) is 0 Å². The van der Waals surface area contributed by atoms with E-state index < -0.39 is 0 Å². The standard InChI is InChI=1S/C14H20N2/c1-4-5-9-16-10-13(11(2)3)12-7-6-8-15-14(12)16/h6-8,10-11H,4-5,9H2,1-3H3. The van der Waals surface area contributed by atoms with Crippen molar-refractivity contribution in [2.24, 2.45) is 0 Å². The highest BCUT2D eigenvalue weighted by Crippen LogP contribution is 2.26. The summed E-state index contributed by atoms with van der Waals surface area (Å²) in [4.78, 5) is 4.50. The molecule has 0 aliphatic heterocycles. The van der Waals surface area contributed by atoms with Crippen LogP contribution in [0, 0.1) is 0 Å². The summed E-state index contributed by atoms with van der Waals surface area (Å²) in [5, 5.41) is 1.31. The highest BCUT2D eigenvalue weighted by Gasteiger charge is 2.11. The lowest BCUT2D eigenvalue weighted by atomic mass is 10.0. The first kappa shape index (κ1) is 11.2. The van der Waals surface area contributed by atoms with Crippen LogP contribution < -0.4 is 0 Å². The summed E-state index contributed by atoms with van der Waals surface area (Å²) in [7, 11) is 0. The second-order valence-corrected chi connectivity index (χ2v) is 4.66. The zero-order valence-electron chi connectivity index (χ0n) is 10.4. The van der Waals surface area contributed by atoms with Crippen molar-refractivity contribution in [2.45, 2.75) is 46.1 Å². The normalized spacial score (nSPS) is 11.5. The van der Waals surface area contributed by atoms with Gasteiger partial charge in [0.05, 0.1) is 0 Å². The van der Waals surface area contributed by atoms with E-state index >= 15 is 0 Å². The Morgan fingerprint density at radius 3 is 2.88 bits per heavy atom. The third-order valence-corrected chi connectivity index (χ3v) is 3.04. The summed E-state index contributed by atoms with van der Waals surface area (Å²) in [6, 6.07) is 4.21. The molecule has 2 nitrogen and oxygen atoms in total. The minimum absolute atomic E-state index is 0.564. The van der Waals surface area contributed by atoms with Crippen LogP contribution in [0.2, 0.25) is 0 Å². The molecular weight excluding hydrogens is 196 g/mol. The van der Waals surface area contributed by atoms with Gasteiger partial charge < -0.3 is 4.57 Å². The maximum Gasteiger partial charge on any atom is 0.140 e. The third-order valence-electron chi connectivity index (χ3n) is 3.04. The van der Waals surface area contributed by atoms with Crippen molar-refractivity contribution < 1.29 is 0 Å². The predicted octanol–water partition coefficient (Wildman–Crippen LogP) is 3.96. The van der Waals surface area contributed by atoms with Crippen LogP contribution in [0.1, 0.15) is 45.1 Å². The molecule has 2 aromatic heterocycles. The number of fused-ring (bicyclic) bond motifs is 1. The number of rotatable bonds is 4. The molecule has 16 heavy (non-hydrogen) atoms. The Labute approximate surface area is 97.3 Å². The number of nitrogens with zero attached hydrogens (tertiary/aromatic N) is 2. The lowest BCUT2D eigenvalue weighted by Gasteiger charge is -2.02. The molecule has 0 unspecified atom stereocenters. The van der Waals surface area contributed by atoms with E-state index in [4.69, 9.17) is 0 Å². The lowest BCUT2D eigenvalue weighted by molar-refractivity contribution is 0.643. The molecule has 0 aromatic carbocycles. The Hall–Kier alpha value is -1.31. The highest BCUT2D eigenvalue weighted by atomic mass is 15.0. The van der Waals surface area contributed by atoms with E-state index in [1.807, 2.05) is 12.3 Å². The van der Waals surface area contributed by atoms with Crippen LogP contribution in [-0.4, -0.2) is 9.55 Å². The molecule has 0 aliphatic rings. The molecule has 2 rings (SSSR count). The van der Waals surface area contributed by atoms with E-state index in [9.17, 15) is 0 Å². The van der Waals surface area contributed by atoms with Gasteiger partial charge in [0.25, 0.3) is 0 Å². The Kier molecular flexibility index (Phi) is 3.28. The molecule has 0 N–H and O–H groups in total. The Balaban J connectivity index is 2.49. The summed E-state index contributed by atoms with van der Waals surface area (Å²) in [5.41, 5.74) is 2.55. The molecule has 0 saturated heterocycles. The summed E-state index contributed by atoms with van der Waals surface area (Å²) < 4.78 is 2.30. The van der Waals surface area contributed by atoms with Gasteiger partial charge in [-0.25, -0.2) is 4.98 Å². The van der Waals surface area contributed by atoms with Crippen LogP contribution >= 0.6 is 0 Å². The monoisotopic (exact) mass is 216 g/mol. The summed E-state index contributed by atoms with van der Waals surface area (Å²) >= 11 is 0. The smallest absolute Gasteiger partial charge is 0.140 e. The largest absolute Gasteiger partial charge is 0.332 e. The zero-order valence-corrected chi connectivity index (χ0v) is 10.4. The van der Waals surface area contributed by atoms with E-state index in [2.05, 4.69) is 42.6 Å². The first-order chi connectivity index (χ1) is 7.74. The fraction of sp³-hybridized carbons (Fsp3) is 0.500. The molecule has 2 heterocycles. The second-order valence-electron chi connectivity index (χ2n) is 4.66. The summed E-state index contributed by atoms with van der Waals surface area (Å²) in [6.07, 6.45) is 6.61. The Bertz CT molecular complexity index is 469. The van der Waals surface area contributed by atoms with Gasteiger partial charge in [-0.15, -0.1) is 0 Å². The molecule has 86 valence electrons. The molecule has 0 aliphatic carbocycles. The number of aryl methyl sites for hydroxylation is 1. The van der Waals surface area contributed by atoms with Crippen molar-refractivity contribution in [3.8, 4) is 0 Å². The first-order valence-corrected chi connectivity index (χ1v) is 6.17. The SMILES string of the molecule is CCCCn1cc(C(C)C)c2cccnc21. The minimum Gasteiger partial charge on any atom is -0.332 e. The van der Waals surface area contributed by atoms with Gasteiger partial charge in [-0.3, -0.25) is 0 Å². The molecular formula is C14H20N2. The minimum atomic E-state index is 0.564. The molecule has 0 fully saturated rings. The topological polar surface area (TPSA) is 17.8 Å². The molecule has 0 saturated carbocycles. The Morgan fingerprint density at radius 2 is 2.19 bits per heavy atom. The van der Waals surface area contributed by atoms with Crippen molar-refractivity contribution >= 4 is 11.0 Å². The number of hydrogen-bond donors (Lipinski definition) is 0. The van der Waals surface area contributed by atoms with Gasteiger partial charge in [0, 0.05) is 24.3 Å². The van der Waals surface area contributed by atoms with Crippen LogP contribution in [0.5, 0.6) is 0 Å². The number of hydrogen-bond acceptors (Lipinski definition) is 1. The van der Waals surface area contributed by atoms with E-state index in [1.54, 1.807) is 0 Å². The second kappa shape index (κ2) is 4.69. The predicted molar refractivity (Wildman–Crippen MR) is 68.7 cm³/mol. The maximum absolute atomic E-state index is 4.50. The van der Waals surface area contributed by atoms with Gasteiger partial charge in [0.1, 0.15) is 5.65 Å². The van der Waals surface area contributed by atoms with Gasteiger partial charge in [-0.1, -0.05) is 27.2 Å². The number of aromatic nitrogens is 2. The third kappa shape index (κ3) is 1.97. The molecule has 2 aromatic rings. The van der Waals surface area contributed by atoms with Gasteiger partial charge in [0.15, 0.2) is 0 Å². The average molecular weight is 216 g/mol. The molecule has 0 atom stereocenters. The molecule has 0 radical (unpaired) electrons. The van der Waals surface area contributed by atoms with Gasteiger partial charge in [0.2, 0.25) is 0 Å². The zero-order chi connectivity index (χ0) is 11.5. The van der Waals surface area contributed by atoms with E-state index in [0.717, 1.165) is 12.2 Å². The fourth-order valence-corrected chi connectivity index (χ4v) is 2.11. The van der Waals surface area contributed by atoms with Crippen LogP contribution in [0.4, 0.5) is 0 Å². The number of unbranched alkanes of at least 4 members (excludes halogenated alkanes) is 1. The molecule has 0 amide bonds. The first-order valence-electron chi connectivity index (χ1n) is 6.17. The van der Waals surface area contributed by atoms with Crippen LogP contribution in [0.25, 0.3) is 11.0 Å².